The number of halogens is 1. The lowest BCUT2D eigenvalue weighted by Gasteiger charge is -2.25. The Balaban J connectivity index is 2.15. The van der Waals surface area contributed by atoms with Crippen LogP contribution in [-0.2, 0) is 19.5 Å². The number of benzene rings is 1. The number of nitrogens with two attached hydrogens (primary N) is 1. The third kappa shape index (κ3) is 3.32. The van der Waals surface area contributed by atoms with Crippen LogP contribution in [0.1, 0.15) is 6.42 Å². The van der Waals surface area contributed by atoms with Crippen LogP contribution in [0.2, 0.25) is 0 Å². The Hall–Kier alpha value is -0.670. The van der Waals surface area contributed by atoms with E-state index in [1.165, 1.54) is 6.07 Å². The second kappa shape index (κ2) is 5.98. The van der Waals surface area contributed by atoms with Crippen LogP contribution in [0.3, 0.4) is 0 Å². The number of hydrogen-bond donors (Lipinski definition) is 2. The summed E-state index contributed by atoms with van der Waals surface area (Å²) < 4.78 is 38.5. The molecule has 6 nitrogen and oxygen atoms in total. The van der Waals surface area contributed by atoms with Crippen LogP contribution in [0.4, 0.5) is 5.69 Å². The van der Waals surface area contributed by atoms with Gasteiger partial charge in [-0.1, -0.05) is 15.9 Å². The number of sulfonamides is 1. The van der Waals surface area contributed by atoms with Gasteiger partial charge in [0.05, 0.1) is 12.3 Å². The number of methoxy groups -OCH3 is 1. The average Bonchev–Trinajstić information content (AvgIpc) is 2.85. The van der Waals surface area contributed by atoms with Gasteiger partial charge in [0.2, 0.25) is 10.0 Å². The van der Waals surface area contributed by atoms with Crippen molar-refractivity contribution in [3.8, 4) is 0 Å². The molecule has 1 aliphatic rings. The van der Waals surface area contributed by atoms with Gasteiger partial charge in [0.25, 0.3) is 0 Å². The predicted molar refractivity (Wildman–Crippen MR) is 78.9 cm³/mol. The molecule has 1 unspecified atom stereocenters. The maximum atomic E-state index is 12.3. The molecule has 0 amide bonds. The number of ether oxygens (including phenoxy) is 2. The minimum absolute atomic E-state index is 0.0610. The summed E-state index contributed by atoms with van der Waals surface area (Å²) in [4.78, 5) is 0.0610. The lowest BCUT2D eigenvalue weighted by Crippen LogP contribution is -2.45. The van der Waals surface area contributed by atoms with Crippen LogP contribution in [-0.4, -0.2) is 40.9 Å². The van der Waals surface area contributed by atoms with Crippen molar-refractivity contribution in [2.75, 3.05) is 32.6 Å². The Bertz CT molecular complexity index is 585. The molecule has 20 heavy (non-hydrogen) atoms. The summed E-state index contributed by atoms with van der Waals surface area (Å²) in [5, 5.41) is 0. The van der Waals surface area contributed by atoms with Crippen LogP contribution < -0.4 is 10.5 Å². The monoisotopic (exact) mass is 364 g/mol. The molecule has 1 aromatic carbocycles. The van der Waals surface area contributed by atoms with Gasteiger partial charge in [0, 0.05) is 31.2 Å². The molecule has 3 N–H and O–H groups in total. The standard InChI is InChI=1S/C12H17BrN2O4S/c1-18-12(4-5-19-8-12)7-15-20(16,17)11-3-2-9(13)6-10(11)14/h2-3,6,15H,4-5,7-8,14H2,1H3. The van der Waals surface area contributed by atoms with E-state index in [2.05, 4.69) is 20.7 Å². The van der Waals surface area contributed by atoms with Gasteiger partial charge in [-0.15, -0.1) is 0 Å². The van der Waals surface area contributed by atoms with Crippen molar-refractivity contribution in [3.63, 3.8) is 0 Å². The first-order valence-corrected chi connectivity index (χ1v) is 8.34. The normalized spacial score (nSPS) is 23.1. The van der Waals surface area contributed by atoms with Crippen LogP contribution in [0.5, 0.6) is 0 Å². The van der Waals surface area contributed by atoms with Gasteiger partial charge < -0.3 is 15.2 Å². The largest absolute Gasteiger partial charge is 0.398 e. The number of hydrogen-bond acceptors (Lipinski definition) is 5. The van der Waals surface area contributed by atoms with E-state index in [4.69, 9.17) is 15.2 Å². The molecular weight excluding hydrogens is 348 g/mol. The third-order valence-electron chi connectivity index (χ3n) is 3.35. The molecule has 0 aliphatic carbocycles. The highest BCUT2D eigenvalue weighted by Gasteiger charge is 2.36. The van der Waals surface area contributed by atoms with Gasteiger partial charge >= 0.3 is 0 Å². The molecule has 112 valence electrons. The first kappa shape index (κ1) is 15.7. The molecule has 2 rings (SSSR count). The van der Waals surface area contributed by atoms with Crippen molar-refractivity contribution in [1.29, 1.82) is 0 Å². The van der Waals surface area contributed by atoms with Gasteiger partial charge in [-0.2, -0.15) is 0 Å². The SMILES string of the molecule is COC1(CNS(=O)(=O)c2ccc(Br)cc2N)CCOC1. The minimum Gasteiger partial charge on any atom is -0.398 e. The van der Waals surface area contributed by atoms with Gasteiger partial charge in [0.15, 0.2) is 0 Å². The van der Waals surface area contributed by atoms with Crippen molar-refractivity contribution in [2.45, 2.75) is 16.9 Å². The van der Waals surface area contributed by atoms with Crippen molar-refractivity contribution in [1.82, 2.24) is 4.72 Å². The summed E-state index contributed by atoms with van der Waals surface area (Å²) in [6.45, 7) is 1.10. The van der Waals surface area contributed by atoms with Crippen molar-refractivity contribution in [3.05, 3.63) is 22.7 Å². The van der Waals surface area contributed by atoms with E-state index < -0.39 is 15.6 Å². The second-order valence-corrected chi connectivity index (χ2v) is 7.35. The molecule has 0 saturated carbocycles. The van der Waals surface area contributed by atoms with E-state index in [-0.39, 0.29) is 17.1 Å². The fourth-order valence-corrected chi connectivity index (χ4v) is 3.63. The van der Waals surface area contributed by atoms with Crippen LogP contribution in [0.15, 0.2) is 27.6 Å². The Morgan fingerprint density at radius 3 is 2.85 bits per heavy atom. The maximum absolute atomic E-state index is 12.3. The first-order chi connectivity index (χ1) is 9.38. The minimum atomic E-state index is -3.67. The topological polar surface area (TPSA) is 90.7 Å². The molecule has 1 aliphatic heterocycles. The molecular formula is C12H17BrN2O4S. The molecule has 0 radical (unpaired) electrons. The van der Waals surface area contributed by atoms with E-state index >= 15 is 0 Å². The van der Waals surface area contributed by atoms with Crippen molar-refractivity contribution >= 4 is 31.6 Å². The van der Waals surface area contributed by atoms with E-state index in [0.717, 1.165) is 4.47 Å². The first-order valence-electron chi connectivity index (χ1n) is 6.06. The summed E-state index contributed by atoms with van der Waals surface area (Å²) in [6, 6.07) is 4.65. The van der Waals surface area contributed by atoms with E-state index in [0.29, 0.717) is 19.6 Å². The molecule has 8 heteroatoms. The Morgan fingerprint density at radius 1 is 1.55 bits per heavy atom. The van der Waals surface area contributed by atoms with E-state index in [1.807, 2.05) is 0 Å². The Morgan fingerprint density at radius 2 is 2.30 bits per heavy atom. The number of anilines is 1. The molecule has 1 atom stereocenters. The lowest BCUT2D eigenvalue weighted by atomic mass is 10.0. The number of nitrogens with one attached hydrogen (secondary N) is 1. The summed E-state index contributed by atoms with van der Waals surface area (Å²) in [7, 11) is -2.12. The summed E-state index contributed by atoms with van der Waals surface area (Å²) in [5.74, 6) is 0. The second-order valence-electron chi connectivity index (χ2n) is 4.70. The summed E-state index contributed by atoms with van der Waals surface area (Å²) in [5.41, 5.74) is 5.35. The predicted octanol–water partition coefficient (Wildman–Crippen LogP) is 1.12. The van der Waals surface area contributed by atoms with E-state index in [1.54, 1.807) is 19.2 Å². The van der Waals surface area contributed by atoms with Gasteiger partial charge in [-0.05, 0) is 18.2 Å². The highest BCUT2D eigenvalue weighted by Crippen LogP contribution is 2.25. The summed E-state index contributed by atoms with van der Waals surface area (Å²) >= 11 is 3.24. The zero-order chi connectivity index (χ0) is 14.8. The average molecular weight is 365 g/mol. The zero-order valence-corrected chi connectivity index (χ0v) is 13.5. The van der Waals surface area contributed by atoms with Crippen LogP contribution in [0.25, 0.3) is 0 Å². The zero-order valence-electron chi connectivity index (χ0n) is 11.1. The fourth-order valence-electron chi connectivity index (χ4n) is 2.03. The van der Waals surface area contributed by atoms with E-state index in [9.17, 15) is 8.42 Å². The van der Waals surface area contributed by atoms with Crippen LogP contribution in [0, 0.1) is 0 Å². The van der Waals surface area contributed by atoms with Crippen molar-refractivity contribution < 1.29 is 17.9 Å². The molecule has 0 bridgehead atoms. The Labute approximate surface area is 126 Å². The molecule has 0 aromatic heterocycles. The maximum Gasteiger partial charge on any atom is 0.242 e. The highest BCUT2D eigenvalue weighted by atomic mass is 79.9. The van der Waals surface area contributed by atoms with Crippen LogP contribution >= 0.6 is 15.9 Å². The van der Waals surface area contributed by atoms with Gasteiger partial charge in [0.1, 0.15) is 10.5 Å². The number of nitrogen functional groups attached to an aromatic ring is 1. The molecule has 1 fully saturated rings. The molecule has 1 saturated heterocycles. The van der Waals surface area contributed by atoms with Gasteiger partial charge in [-0.3, -0.25) is 0 Å². The molecule has 1 aromatic rings. The lowest BCUT2D eigenvalue weighted by molar-refractivity contribution is -0.0120. The highest BCUT2D eigenvalue weighted by molar-refractivity contribution is 9.10. The molecule has 1 heterocycles. The number of rotatable bonds is 5. The quantitative estimate of drug-likeness (QED) is 0.763. The fraction of sp³-hybridized carbons (Fsp3) is 0.500. The Kier molecular flexibility index (Phi) is 4.70. The third-order valence-corrected chi connectivity index (χ3v) is 5.31. The smallest absolute Gasteiger partial charge is 0.242 e. The molecule has 0 spiro atoms. The summed E-state index contributed by atoms with van der Waals surface area (Å²) in [6.07, 6.45) is 0.655. The van der Waals surface area contributed by atoms with Gasteiger partial charge in [-0.25, -0.2) is 13.1 Å². The van der Waals surface area contributed by atoms with Crippen molar-refractivity contribution in [2.24, 2.45) is 0 Å².